The van der Waals surface area contributed by atoms with Crippen molar-refractivity contribution in [1.29, 1.82) is 0 Å². The average Bonchev–Trinajstić information content (AvgIpc) is 3.26. The van der Waals surface area contributed by atoms with Crippen LogP contribution in [0.1, 0.15) is 21.7 Å². The molecule has 4 aromatic rings. The van der Waals surface area contributed by atoms with Gasteiger partial charge in [-0.1, -0.05) is 15.9 Å². The molecule has 0 aliphatic heterocycles. The Hall–Kier alpha value is -4.18. The topological polar surface area (TPSA) is 116 Å². The van der Waals surface area contributed by atoms with E-state index in [2.05, 4.69) is 26.5 Å². The number of carbonyl (C=O) groups excluding carboxylic acids is 1. The Balaban J connectivity index is 1.38. The van der Waals surface area contributed by atoms with Crippen molar-refractivity contribution < 1.29 is 23.6 Å². The minimum Gasteiger partial charge on any atom is -0.493 e. The fourth-order valence-electron chi connectivity index (χ4n) is 3.11. The molecule has 0 aliphatic rings. The van der Waals surface area contributed by atoms with E-state index in [1.54, 1.807) is 42.5 Å². The Kier molecular flexibility index (Phi) is 6.88. The summed E-state index contributed by atoms with van der Waals surface area (Å²) in [5, 5.41) is 15.5. The van der Waals surface area contributed by atoms with E-state index in [-0.39, 0.29) is 18.1 Å². The molecule has 172 valence electrons. The number of hydrogen-bond donors (Lipinski definition) is 1. The number of benzene rings is 3. The first-order chi connectivity index (χ1) is 16.4. The Morgan fingerprint density at radius 1 is 1.12 bits per heavy atom. The van der Waals surface area contributed by atoms with Crippen molar-refractivity contribution in [3.05, 3.63) is 98.2 Å². The van der Waals surface area contributed by atoms with E-state index in [4.69, 9.17) is 13.9 Å². The first-order valence-corrected chi connectivity index (χ1v) is 10.8. The summed E-state index contributed by atoms with van der Waals surface area (Å²) in [5.41, 5.74) is 4.51. The number of nitrogens with one attached hydrogen (secondary N) is 1. The van der Waals surface area contributed by atoms with Gasteiger partial charge in [0.05, 0.1) is 18.2 Å². The van der Waals surface area contributed by atoms with E-state index in [0.29, 0.717) is 22.6 Å². The number of methoxy groups -OCH3 is 1. The van der Waals surface area contributed by atoms with E-state index < -0.39 is 10.8 Å². The summed E-state index contributed by atoms with van der Waals surface area (Å²) < 4.78 is 17.6. The highest BCUT2D eigenvalue weighted by molar-refractivity contribution is 9.10. The van der Waals surface area contributed by atoms with E-state index >= 15 is 0 Å². The lowest BCUT2D eigenvalue weighted by molar-refractivity contribution is -0.384. The SMILES string of the molecule is COc1cc(/C=N/NC(=O)c2cc3cc(Br)ccc3o2)ccc1OCc1ccc([N+](=O)[O-])cc1. The Bertz CT molecular complexity index is 1380. The lowest BCUT2D eigenvalue weighted by atomic mass is 10.2. The van der Waals surface area contributed by atoms with Gasteiger partial charge < -0.3 is 13.9 Å². The Morgan fingerprint density at radius 2 is 1.91 bits per heavy atom. The zero-order chi connectivity index (χ0) is 24.1. The number of nitrogens with zero attached hydrogens (tertiary/aromatic N) is 2. The maximum absolute atomic E-state index is 12.3. The monoisotopic (exact) mass is 523 g/mol. The quantitative estimate of drug-likeness (QED) is 0.186. The summed E-state index contributed by atoms with van der Waals surface area (Å²) in [6, 6.07) is 18.4. The molecule has 0 fully saturated rings. The van der Waals surface area contributed by atoms with Crippen LogP contribution in [-0.4, -0.2) is 24.2 Å². The predicted molar refractivity (Wildman–Crippen MR) is 129 cm³/mol. The molecule has 0 atom stereocenters. The number of nitro benzene ring substituents is 1. The van der Waals surface area contributed by atoms with Crippen molar-refractivity contribution in [1.82, 2.24) is 5.43 Å². The Morgan fingerprint density at radius 3 is 2.65 bits per heavy atom. The molecule has 1 N–H and O–H groups in total. The summed E-state index contributed by atoms with van der Waals surface area (Å²) in [7, 11) is 1.51. The number of halogens is 1. The molecule has 0 radical (unpaired) electrons. The first kappa shape index (κ1) is 23.0. The molecule has 0 aliphatic carbocycles. The lowest BCUT2D eigenvalue weighted by Gasteiger charge is -2.11. The van der Waals surface area contributed by atoms with E-state index in [1.807, 2.05) is 12.1 Å². The average molecular weight is 524 g/mol. The zero-order valence-electron chi connectivity index (χ0n) is 17.9. The molecule has 9 nitrogen and oxygen atoms in total. The van der Waals surface area contributed by atoms with Gasteiger partial charge in [0.1, 0.15) is 12.2 Å². The van der Waals surface area contributed by atoms with Crippen LogP contribution in [0.25, 0.3) is 11.0 Å². The number of furan rings is 1. The molecule has 0 bridgehead atoms. The Labute approximate surface area is 202 Å². The fourth-order valence-corrected chi connectivity index (χ4v) is 3.48. The molecule has 4 rings (SSSR count). The van der Waals surface area contributed by atoms with Gasteiger partial charge >= 0.3 is 5.91 Å². The van der Waals surface area contributed by atoms with Gasteiger partial charge in [0.2, 0.25) is 0 Å². The zero-order valence-corrected chi connectivity index (χ0v) is 19.4. The first-order valence-electron chi connectivity index (χ1n) is 9.99. The molecule has 1 amide bonds. The van der Waals surface area contributed by atoms with Gasteiger partial charge in [-0.25, -0.2) is 5.43 Å². The molecule has 0 saturated heterocycles. The number of ether oxygens (including phenoxy) is 2. The highest BCUT2D eigenvalue weighted by Crippen LogP contribution is 2.28. The van der Waals surface area contributed by atoms with Crippen LogP contribution in [0.5, 0.6) is 11.5 Å². The van der Waals surface area contributed by atoms with Crippen molar-refractivity contribution in [3.63, 3.8) is 0 Å². The van der Waals surface area contributed by atoms with Crippen LogP contribution in [0.4, 0.5) is 5.69 Å². The fraction of sp³-hybridized carbons (Fsp3) is 0.0833. The highest BCUT2D eigenvalue weighted by atomic mass is 79.9. The third kappa shape index (κ3) is 5.41. The minimum atomic E-state index is -0.474. The second-order valence-electron chi connectivity index (χ2n) is 7.11. The number of rotatable bonds is 8. The van der Waals surface area contributed by atoms with Gasteiger partial charge in [-0.2, -0.15) is 5.10 Å². The van der Waals surface area contributed by atoms with Crippen LogP contribution in [0.3, 0.4) is 0 Å². The summed E-state index contributed by atoms with van der Waals surface area (Å²) in [6.07, 6.45) is 1.47. The minimum absolute atomic E-state index is 0.0189. The van der Waals surface area contributed by atoms with Gasteiger partial charge in [-0.3, -0.25) is 14.9 Å². The van der Waals surface area contributed by atoms with Crippen molar-refractivity contribution in [2.75, 3.05) is 7.11 Å². The number of amides is 1. The van der Waals surface area contributed by atoms with Crippen LogP contribution in [0.15, 0.2) is 80.7 Å². The van der Waals surface area contributed by atoms with Crippen LogP contribution in [-0.2, 0) is 6.61 Å². The van der Waals surface area contributed by atoms with Crippen LogP contribution in [0, 0.1) is 10.1 Å². The summed E-state index contributed by atoms with van der Waals surface area (Å²) in [6.45, 7) is 0.214. The van der Waals surface area contributed by atoms with Crippen LogP contribution in [0.2, 0.25) is 0 Å². The molecule has 1 aromatic heterocycles. The molecule has 0 saturated carbocycles. The number of carbonyl (C=O) groups is 1. The number of non-ortho nitro benzene ring substituents is 1. The van der Waals surface area contributed by atoms with Gasteiger partial charge in [0.25, 0.3) is 5.69 Å². The standard InChI is InChI=1S/C24H18BrN3O6/c1-32-22-10-16(4-8-21(22)33-14-15-2-6-19(7-3-15)28(30)31)13-26-27-24(29)23-12-17-11-18(25)5-9-20(17)34-23/h2-13H,14H2,1H3,(H,27,29)/b26-13+. The number of hydrogen-bond acceptors (Lipinski definition) is 7. The molecular formula is C24H18BrN3O6. The normalized spacial score (nSPS) is 11.0. The van der Waals surface area contributed by atoms with Crippen molar-refractivity contribution in [3.8, 4) is 11.5 Å². The van der Waals surface area contributed by atoms with E-state index in [9.17, 15) is 14.9 Å². The van der Waals surface area contributed by atoms with Crippen molar-refractivity contribution >= 4 is 44.7 Å². The maximum Gasteiger partial charge on any atom is 0.307 e. The van der Waals surface area contributed by atoms with Gasteiger partial charge in [0.15, 0.2) is 17.3 Å². The van der Waals surface area contributed by atoms with E-state index in [1.165, 1.54) is 25.5 Å². The van der Waals surface area contributed by atoms with Gasteiger partial charge in [0, 0.05) is 22.0 Å². The highest BCUT2D eigenvalue weighted by Gasteiger charge is 2.12. The molecule has 3 aromatic carbocycles. The molecular weight excluding hydrogens is 506 g/mol. The molecule has 0 spiro atoms. The van der Waals surface area contributed by atoms with Crippen LogP contribution >= 0.6 is 15.9 Å². The lowest BCUT2D eigenvalue weighted by Crippen LogP contribution is -2.16. The van der Waals surface area contributed by atoms with Gasteiger partial charge in [-0.15, -0.1) is 0 Å². The summed E-state index contributed by atoms with van der Waals surface area (Å²) in [4.78, 5) is 22.6. The second kappa shape index (κ2) is 10.2. The summed E-state index contributed by atoms with van der Waals surface area (Å²) >= 11 is 3.38. The predicted octanol–water partition coefficient (Wildman–Crippen LogP) is 5.46. The summed E-state index contributed by atoms with van der Waals surface area (Å²) in [5.74, 6) is 0.645. The second-order valence-corrected chi connectivity index (χ2v) is 8.03. The molecule has 0 unspecified atom stereocenters. The van der Waals surface area contributed by atoms with E-state index in [0.717, 1.165) is 15.4 Å². The number of fused-ring (bicyclic) bond motifs is 1. The van der Waals surface area contributed by atoms with Crippen LogP contribution < -0.4 is 14.9 Å². The number of hydrazone groups is 1. The molecule has 1 heterocycles. The van der Waals surface area contributed by atoms with Gasteiger partial charge in [-0.05, 0) is 65.7 Å². The maximum atomic E-state index is 12.3. The van der Waals surface area contributed by atoms with Crippen molar-refractivity contribution in [2.24, 2.45) is 5.10 Å². The third-order valence-corrected chi connectivity index (χ3v) is 5.30. The third-order valence-electron chi connectivity index (χ3n) is 4.81. The molecule has 10 heteroatoms. The molecule has 34 heavy (non-hydrogen) atoms. The number of nitro groups is 1. The van der Waals surface area contributed by atoms with Crippen molar-refractivity contribution in [2.45, 2.75) is 6.61 Å². The smallest absolute Gasteiger partial charge is 0.307 e. The largest absolute Gasteiger partial charge is 0.493 e.